The molecule has 2 aromatic carbocycles. The van der Waals surface area contributed by atoms with Crippen LogP contribution in [0.5, 0.6) is 0 Å². The lowest BCUT2D eigenvalue weighted by molar-refractivity contribution is 0.134. The summed E-state index contributed by atoms with van der Waals surface area (Å²) >= 11 is 2.33. The molecule has 2 aromatic rings. The second-order valence-corrected chi connectivity index (χ2v) is 5.96. The molecule has 2 rings (SSSR count). The number of para-hydroxylation sites is 1. The molecule has 0 aliphatic rings. The molecular weight excluding hydrogens is 361 g/mol. The maximum atomic E-state index is 5.52. The van der Waals surface area contributed by atoms with Gasteiger partial charge in [-0.3, -0.25) is 0 Å². The molecule has 1 atom stereocenters. The molecule has 0 amide bonds. The molecule has 106 valence electrons. The molecule has 0 saturated heterocycles. The second kappa shape index (κ2) is 7.64. The van der Waals surface area contributed by atoms with Crippen LogP contribution in [0.15, 0.2) is 48.5 Å². The van der Waals surface area contributed by atoms with Gasteiger partial charge in [-0.05, 0) is 60.2 Å². The molecule has 2 nitrogen and oxygen atoms in total. The van der Waals surface area contributed by atoms with Crippen molar-refractivity contribution in [1.82, 2.24) is 0 Å². The van der Waals surface area contributed by atoms with Crippen molar-refractivity contribution >= 4 is 28.3 Å². The van der Waals surface area contributed by atoms with Gasteiger partial charge in [0.2, 0.25) is 0 Å². The smallest absolute Gasteiger partial charge is 0.0736 e. The fourth-order valence-corrected chi connectivity index (χ4v) is 2.43. The van der Waals surface area contributed by atoms with Crippen LogP contribution in [0.4, 0.5) is 5.69 Å². The third kappa shape index (κ3) is 4.21. The van der Waals surface area contributed by atoms with Crippen LogP contribution in [0.3, 0.4) is 0 Å². The van der Waals surface area contributed by atoms with Gasteiger partial charge >= 0.3 is 0 Å². The van der Waals surface area contributed by atoms with Gasteiger partial charge in [0, 0.05) is 27.5 Å². The highest BCUT2D eigenvalue weighted by Gasteiger charge is 2.08. The van der Waals surface area contributed by atoms with E-state index in [2.05, 4.69) is 83.4 Å². The maximum absolute atomic E-state index is 5.52. The molecule has 0 saturated carbocycles. The monoisotopic (exact) mass is 381 g/mol. The lowest BCUT2D eigenvalue weighted by Gasteiger charge is -2.18. The van der Waals surface area contributed by atoms with E-state index in [0.29, 0.717) is 6.61 Å². The minimum absolute atomic E-state index is 0.273. The maximum Gasteiger partial charge on any atom is 0.0736 e. The normalized spacial score (nSPS) is 12.2. The summed E-state index contributed by atoms with van der Waals surface area (Å²) < 4.78 is 6.78. The predicted molar refractivity (Wildman–Crippen MR) is 93.0 cm³/mol. The minimum atomic E-state index is 0.273. The van der Waals surface area contributed by atoms with E-state index in [1.54, 1.807) is 0 Å². The molecule has 1 N–H and O–H groups in total. The largest absolute Gasteiger partial charge is 0.378 e. The topological polar surface area (TPSA) is 21.3 Å². The van der Waals surface area contributed by atoms with E-state index < -0.39 is 0 Å². The van der Waals surface area contributed by atoms with Crippen molar-refractivity contribution in [3.8, 4) is 0 Å². The first-order chi connectivity index (χ1) is 9.70. The first-order valence-corrected chi connectivity index (χ1v) is 7.96. The molecule has 0 spiro atoms. The van der Waals surface area contributed by atoms with Gasteiger partial charge in [0.25, 0.3) is 0 Å². The van der Waals surface area contributed by atoms with E-state index in [-0.39, 0.29) is 6.04 Å². The van der Waals surface area contributed by atoms with Crippen LogP contribution in [-0.2, 0) is 11.3 Å². The predicted octanol–water partition coefficient (Wildman–Crippen LogP) is 5.00. The zero-order valence-corrected chi connectivity index (χ0v) is 14.1. The third-order valence-electron chi connectivity index (χ3n) is 3.22. The SMILES string of the molecule is CCOCc1ccccc1NC(C)c1ccc(I)cc1. The summed E-state index contributed by atoms with van der Waals surface area (Å²) in [6.07, 6.45) is 0. The Balaban J connectivity index is 2.10. The Hall–Kier alpha value is -1.07. The molecule has 1 unspecified atom stereocenters. The number of halogens is 1. The Morgan fingerprint density at radius 3 is 2.50 bits per heavy atom. The Morgan fingerprint density at radius 2 is 1.80 bits per heavy atom. The summed E-state index contributed by atoms with van der Waals surface area (Å²) in [6, 6.07) is 17.2. The Bertz CT molecular complexity index is 539. The van der Waals surface area contributed by atoms with Gasteiger partial charge < -0.3 is 10.1 Å². The van der Waals surface area contributed by atoms with E-state index >= 15 is 0 Å². The van der Waals surface area contributed by atoms with Crippen molar-refractivity contribution in [3.05, 3.63) is 63.2 Å². The van der Waals surface area contributed by atoms with Gasteiger partial charge in [0.1, 0.15) is 0 Å². The van der Waals surface area contributed by atoms with Crippen molar-refractivity contribution in [1.29, 1.82) is 0 Å². The summed E-state index contributed by atoms with van der Waals surface area (Å²) in [5, 5.41) is 3.57. The van der Waals surface area contributed by atoms with E-state index in [1.807, 2.05) is 6.92 Å². The molecular formula is C17H20INO. The minimum Gasteiger partial charge on any atom is -0.378 e. The number of rotatable bonds is 6. The number of benzene rings is 2. The van der Waals surface area contributed by atoms with Crippen molar-refractivity contribution < 1.29 is 4.74 Å². The molecule has 3 heteroatoms. The van der Waals surface area contributed by atoms with Crippen molar-refractivity contribution in [3.63, 3.8) is 0 Å². The van der Waals surface area contributed by atoms with Gasteiger partial charge in [0.15, 0.2) is 0 Å². The Labute approximate surface area is 134 Å². The fourth-order valence-electron chi connectivity index (χ4n) is 2.07. The van der Waals surface area contributed by atoms with E-state index in [1.165, 1.54) is 14.7 Å². The van der Waals surface area contributed by atoms with Crippen molar-refractivity contribution in [2.75, 3.05) is 11.9 Å². The lowest BCUT2D eigenvalue weighted by Crippen LogP contribution is -2.09. The van der Waals surface area contributed by atoms with Gasteiger partial charge in [-0.15, -0.1) is 0 Å². The number of ether oxygens (including phenoxy) is 1. The van der Waals surface area contributed by atoms with E-state index in [9.17, 15) is 0 Å². The summed E-state index contributed by atoms with van der Waals surface area (Å²) in [5.74, 6) is 0. The highest BCUT2D eigenvalue weighted by atomic mass is 127. The molecule has 0 heterocycles. The molecule has 0 fully saturated rings. The number of nitrogens with one attached hydrogen (secondary N) is 1. The van der Waals surface area contributed by atoms with Crippen LogP contribution >= 0.6 is 22.6 Å². The summed E-state index contributed by atoms with van der Waals surface area (Å²) in [7, 11) is 0. The highest BCUT2D eigenvalue weighted by Crippen LogP contribution is 2.23. The van der Waals surface area contributed by atoms with E-state index in [0.717, 1.165) is 12.3 Å². The van der Waals surface area contributed by atoms with E-state index in [4.69, 9.17) is 4.74 Å². The average Bonchev–Trinajstić information content (AvgIpc) is 2.47. The number of hydrogen-bond acceptors (Lipinski definition) is 2. The Morgan fingerprint density at radius 1 is 1.10 bits per heavy atom. The van der Waals surface area contributed by atoms with Gasteiger partial charge in [-0.1, -0.05) is 30.3 Å². The van der Waals surface area contributed by atoms with Crippen LogP contribution in [0.2, 0.25) is 0 Å². The second-order valence-electron chi connectivity index (χ2n) is 4.71. The third-order valence-corrected chi connectivity index (χ3v) is 3.94. The fraction of sp³-hybridized carbons (Fsp3) is 0.294. The molecule has 0 bridgehead atoms. The quantitative estimate of drug-likeness (QED) is 0.711. The van der Waals surface area contributed by atoms with Gasteiger partial charge in [0.05, 0.1) is 6.61 Å². The first-order valence-electron chi connectivity index (χ1n) is 6.88. The van der Waals surface area contributed by atoms with Crippen molar-refractivity contribution in [2.45, 2.75) is 26.5 Å². The molecule has 0 radical (unpaired) electrons. The zero-order valence-electron chi connectivity index (χ0n) is 11.9. The van der Waals surface area contributed by atoms with Crippen molar-refractivity contribution in [2.24, 2.45) is 0 Å². The Kier molecular flexibility index (Phi) is 5.86. The lowest BCUT2D eigenvalue weighted by atomic mass is 10.1. The number of anilines is 1. The van der Waals surface area contributed by atoms with Crippen LogP contribution in [0.25, 0.3) is 0 Å². The van der Waals surface area contributed by atoms with Crippen LogP contribution in [0, 0.1) is 3.57 Å². The summed E-state index contributed by atoms with van der Waals surface area (Å²) in [6.45, 7) is 5.59. The summed E-state index contributed by atoms with van der Waals surface area (Å²) in [4.78, 5) is 0. The number of hydrogen-bond donors (Lipinski definition) is 1. The zero-order chi connectivity index (χ0) is 14.4. The highest BCUT2D eigenvalue weighted by molar-refractivity contribution is 14.1. The van der Waals surface area contributed by atoms with Gasteiger partial charge in [-0.2, -0.15) is 0 Å². The molecule has 0 aliphatic heterocycles. The first kappa shape index (κ1) is 15.3. The molecule has 0 aliphatic carbocycles. The molecule has 0 aromatic heterocycles. The van der Waals surface area contributed by atoms with Crippen LogP contribution in [0.1, 0.15) is 31.0 Å². The standard InChI is InChI=1S/C17H20INO/c1-3-20-12-15-6-4-5-7-17(15)19-13(2)14-8-10-16(18)11-9-14/h4-11,13,19H,3,12H2,1-2H3. The van der Waals surface area contributed by atoms with Crippen LogP contribution in [-0.4, -0.2) is 6.61 Å². The average molecular weight is 381 g/mol. The summed E-state index contributed by atoms with van der Waals surface area (Å²) in [5.41, 5.74) is 3.63. The van der Waals surface area contributed by atoms with Crippen LogP contribution < -0.4 is 5.32 Å². The van der Waals surface area contributed by atoms with Gasteiger partial charge in [-0.25, -0.2) is 0 Å². The molecule has 20 heavy (non-hydrogen) atoms.